The van der Waals surface area contributed by atoms with E-state index in [9.17, 15) is 19.2 Å². The number of hydrogen-bond donors (Lipinski definition) is 2. The fourth-order valence-corrected chi connectivity index (χ4v) is 3.41. The molecular formula is C21H18N2O6S. The van der Waals surface area contributed by atoms with E-state index in [1.165, 1.54) is 6.92 Å². The predicted octanol–water partition coefficient (Wildman–Crippen LogP) is 3.10. The lowest BCUT2D eigenvalue weighted by Gasteiger charge is -2.14. The number of rotatable bonds is 7. The third kappa shape index (κ3) is 5.26. The first kappa shape index (κ1) is 21.1. The Balaban J connectivity index is 1.70. The Hall–Kier alpha value is -3.59. The SMILES string of the molecule is CC(NC(=O)CN1C(=O)S/C(=C\c2cccc(Oc3ccccc3)c2)C1=O)C(=O)O. The molecule has 1 unspecified atom stereocenters. The van der Waals surface area contributed by atoms with Gasteiger partial charge in [0.25, 0.3) is 11.1 Å². The summed E-state index contributed by atoms with van der Waals surface area (Å²) in [7, 11) is 0. The van der Waals surface area contributed by atoms with Crippen LogP contribution in [0.25, 0.3) is 6.08 Å². The molecule has 2 N–H and O–H groups in total. The van der Waals surface area contributed by atoms with Crippen LogP contribution < -0.4 is 10.1 Å². The Bertz CT molecular complexity index is 1020. The molecule has 0 aromatic heterocycles. The molecule has 0 aliphatic carbocycles. The number of nitrogens with zero attached hydrogens (tertiary/aromatic N) is 1. The molecule has 3 amide bonds. The van der Waals surface area contributed by atoms with Gasteiger partial charge in [-0.05, 0) is 54.6 Å². The van der Waals surface area contributed by atoms with Crippen molar-refractivity contribution in [2.75, 3.05) is 6.54 Å². The van der Waals surface area contributed by atoms with Gasteiger partial charge in [-0.25, -0.2) is 0 Å². The topological polar surface area (TPSA) is 113 Å². The number of hydrogen-bond acceptors (Lipinski definition) is 6. The first-order valence-corrected chi connectivity index (χ1v) is 9.75. The van der Waals surface area contributed by atoms with Gasteiger partial charge in [0.05, 0.1) is 4.91 Å². The minimum atomic E-state index is -1.21. The highest BCUT2D eigenvalue weighted by Crippen LogP contribution is 2.32. The van der Waals surface area contributed by atoms with Crippen molar-refractivity contribution in [3.63, 3.8) is 0 Å². The Labute approximate surface area is 176 Å². The second-order valence-electron chi connectivity index (χ2n) is 6.38. The van der Waals surface area contributed by atoms with Crippen LogP contribution in [-0.2, 0) is 14.4 Å². The fourth-order valence-electron chi connectivity index (χ4n) is 2.57. The van der Waals surface area contributed by atoms with Crippen LogP contribution >= 0.6 is 11.8 Å². The molecular weight excluding hydrogens is 408 g/mol. The van der Waals surface area contributed by atoms with E-state index in [2.05, 4.69) is 5.32 Å². The number of amides is 3. The largest absolute Gasteiger partial charge is 0.480 e. The second kappa shape index (κ2) is 9.27. The van der Waals surface area contributed by atoms with Gasteiger partial charge in [-0.3, -0.25) is 24.1 Å². The van der Waals surface area contributed by atoms with Crippen molar-refractivity contribution in [1.29, 1.82) is 0 Å². The number of aliphatic carboxylic acids is 1. The van der Waals surface area contributed by atoms with Crippen molar-refractivity contribution < 1.29 is 29.0 Å². The monoisotopic (exact) mass is 426 g/mol. The first-order valence-electron chi connectivity index (χ1n) is 8.94. The smallest absolute Gasteiger partial charge is 0.325 e. The molecule has 1 aliphatic heterocycles. The van der Waals surface area contributed by atoms with E-state index < -0.39 is 35.6 Å². The summed E-state index contributed by atoms with van der Waals surface area (Å²) in [4.78, 5) is 48.4. The Morgan fingerprint density at radius 1 is 1.13 bits per heavy atom. The third-order valence-corrected chi connectivity index (χ3v) is 4.97. The molecule has 0 bridgehead atoms. The molecule has 0 spiro atoms. The number of carbonyl (C=O) groups is 4. The number of carbonyl (C=O) groups excluding carboxylic acids is 3. The van der Waals surface area contributed by atoms with Gasteiger partial charge in [-0.2, -0.15) is 0 Å². The van der Waals surface area contributed by atoms with Crippen molar-refractivity contribution >= 4 is 40.9 Å². The number of thioether (sulfide) groups is 1. The van der Waals surface area contributed by atoms with Crippen LogP contribution in [0.5, 0.6) is 11.5 Å². The maximum absolute atomic E-state index is 12.5. The standard InChI is InChI=1S/C21H18N2O6S/c1-13(20(26)27)22-18(24)12-23-19(25)17(30-21(23)28)11-14-6-5-9-16(10-14)29-15-7-3-2-4-8-15/h2-11,13H,12H2,1H3,(H,22,24)(H,26,27)/b17-11-. The minimum absolute atomic E-state index is 0.163. The van der Waals surface area contributed by atoms with Crippen LogP contribution in [0.1, 0.15) is 12.5 Å². The zero-order chi connectivity index (χ0) is 21.7. The number of benzene rings is 2. The Kier molecular flexibility index (Phi) is 6.53. The summed E-state index contributed by atoms with van der Waals surface area (Å²) >= 11 is 0.715. The fraction of sp³-hybridized carbons (Fsp3) is 0.143. The van der Waals surface area contributed by atoms with Gasteiger partial charge in [-0.1, -0.05) is 30.3 Å². The van der Waals surface area contributed by atoms with E-state index in [-0.39, 0.29) is 4.91 Å². The highest BCUT2D eigenvalue weighted by atomic mass is 32.2. The van der Waals surface area contributed by atoms with E-state index in [1.807, 2.05) is 30.3 Å². The van der Waals surface area contributed by atoms with Crippen molar-refractivity contribution in [2.45, 2.75) is 13.0 Å². The summed E-state index contributed by atoms with van der Waals surface area (Å²) in [5.41, 5.74) is 0.651. The summed E-state index contributed by atoms with van der Waals surface area (Å²) in [5.74, 6) is -1.33. The molecule has 30 heavy (non-hydrogen) atoms. The van der Waals surface area contributed by atoms with Crippen LogP contribution in [0.4, 0.5) is 4.79 Å². The molecule has 0 radical (unpaired) electrons. The number of carboxylic acid groups (broad SMARTS) is 1. The van der Waals surface area contributed by atoms with E-state index in [0.717, 1.165) is 4.90 Å². The summed E-state index contributed by atoms with van der Waals surface area (Å²) in [5, 5.41) is 10.4. The third-order valence-electron chi connectivity index (χ3n) is 4.06. The lowest BCUT2D eigenvalue weighted by molar-refractivity contribution is -0.141. The zero-order valence-corrected chi connectivity index (χ0v) is 16.7. The maximum atomic E-state index is 12.5. The molecule has 1 atom stereocenters. The van der Waals surface area contributed by atoms with Crippen molar-refractivity contribution in [3.05, 3.63) is 65.1 Å². The molecule has 154 valence electrons. The number of carboxylic acids is 1. The normalized spacial score (nSPS) is 15.9. The van der Waals surface area contributed by atoms with Crippen LogP contribution in [0.15, 0.2) is 59.5 Å². The predicted molar refractivity (Wildman–Crippen MR) is 111 cm³/mol. The summed E-state index contributed by atoms with van der Waals surface area (Å²) in [6, 6.07) is 15.1. The molecule has 1 aliphatic rings. The lowest BCUT2D eigenvalue weighted by atomic mass is 10.2. The summed E-state index contributed by atoms with van der Waals surface area (Å²) < 4.78 is 5.76. The average molecular weight is 426 g/mol. The Morgan fingerprint density at radius 2 is 1.83 bits per heavy atom. The van der Waals surface area contributed by atoms with Gasteiger partial charge >= 0.3 is 5.97 Å². The van der Waals surface area contributed by atoms with E-state index in [0.29, 0.717) is 28.8 Å². The highest BCUT2D eigenvalue weighted by Gasteiger charge is 2.36. The quantitative estimate of drug-likeness (QED) is 0.654. The van der Waals surface area contributed by atoms with E-state index in [4.69, 9.17) is 9.84 Å². The van der Waals surface area contributed by atoms with Crippen LogP contribution in [0.2, 0.25) is 0 Å². The zero-order valence-electron chi connectivity index (χ0n) is 15.9. The average Bonchev–Trinajstić information content (AvgIpc) is 2.96. The molecule has 9 heteroatoms. The van der Waals surface area contributed by atoms with Gasteiger partial charge in [-0.15, -0.1) is 0 Å². The van der Waals surface area contributed by atoms with Crippen molar-refractivity contribution in [1.82, 2.24) is 10.2 Å². The van der Waals surface area contributed by atoms with E-state index >= 15 is 0 Å². The lowest BCUT2D eigenvalue weighted by Crippen LogP contribution is -2.45. The molecule has 1 fully saturated rings. The Morgan fingerprint density at radius 3 is 2.53 bits per heavy atom. The van der Waals surface area contributed by atoms with Gasteiger partial charge in [0, 0.05) is 0 Å². The van der Waals surface area contributed by atoms with Gasteiger partial charge < -0.3 is 15.2 Å². The second-order valence-corrected chi connectivity index (χ2v) is 7.38. The number of ether oxygens (including phenoxy) is 1. The van der Waals surface area contributed by atoms with Gasteiger partial charge in [0.15, 0.2) is 0 Å². The number of imide groups is 1. The molecule has 1 heterocycles. The van der Waals surface area contributed by atoms with Gasteiger partial charge in [0.2, 0.25) is 5.91 Å². The molecule has 3 rings (SSSR count). The van der Waals surface area contributed by atoms with Crippen molar-refractivity contribution in [3.8, 4) is 11.5 Å². The number of nitrogens with one attached hydrogen (secondary N) is 1. The molecule has 0 saturated carbocycles. The molecule has 8 nitrogen and oxygen atoms in total. The van der Waals surface area contributed by atoms with Gasteiger partial charge in [0.1, 0.15) is 24.1 Å². The molecule has 2 aromatic rings. The maximum Gasteiger partial charge on any atom is 0.325 e. The summed E-state index contributed by atoms with van der Waals surface area (Å²) in [6.07, 6.45) is 1.54. The van der Waals surface area contributed by atoms with E-state index in [1.54, 1.807) is 30.3 Å². The first-order chi connectivity index (χ1) is 14.3. The minimum Gasteiger partial charge on any atom is -0.480 e. The van der Waals surface area contributed by atoms with Crippen LogP contribution in [-0.4, -0.2) is 45.6 Å². The van der Waals surface area contributed by atoms with Crippen LogP contribution in [0, 0.1) is 0 Å². The number of para-hydroxylation sites is 1. The molecule has 2 aromatic carbocycles. The summed E-state index contributed by atoms with van der Waals surface area (Å²) in [6.45, 7) is 0.745. The van der Waals surface area contributed by atoms with Crippen molar-refractivity contribution in [2.24, 2.45) is 0 Å². The van der Waals surface area contributed by atoms with Crippen LogP contribution in [0.3, 0.4) is 0 Å². The molecule has 1 saturated heterocycles. The highest BCUT2D eigenvalue weighted by molar-refractivity contribution is 8.18.